The highest BCUT2D eigenvalue weighted by Crippen LogP contribution is 2.41. The molecule has 0 bridgehead atoms. The van der Waals surface area contributed by atoms with Crippen LogP contribution in [0.5, 0.6) is 17.2 Å². The number of nitrogens with zero attached hydrogens (tertiary/aromatic N) is 1. The summed E-state index contributed by atoms with van der Waals surface area (Å²) in [5.74, 6) is -0.0457. The van der Waals surface area contributed by atoms with Crippen LogP contribution in [0.3, 0.4) is 0 Å². The van der Waals surface area contributed by atoms with Crippen molar-refractivity contribution in [3.8, 4) is 17.2 Å². The maximum absolute atomic E-state index is 13.3. The number of amides is 1. The van der Waals surface area contributed by atoms with Crippen LogP contribution in [0.2, 0.25) is 0 Å². The van der Waals surface area contributed by atoms with Gasteiger partial charge in [-0.25, -0.2) is 0 Å². The van der Waals surface area contributed by atoms with E-state index in [4.69, 9.17) is 9.47 Å². The lowest BCUT2D eigenvalue weighted by Crippen LogP contribution is -2.29. The van der Waals surface area contributed by atoms with E-state index in [9.17, 15) is 19.8 Å². The Morgan fingerprint density at radius 2 is 1.61 bits per heavy atom. The lowest BCUT2D eigenvalue weighted by molar-refractivity contribution is -0.140. The number of carbonyl (C=O) groups excluding carboxylic acids is 2. The minimum atomic E-state index is -0.845. The maximum Gasteiger partial charge on any atom is 0.295 e. The summed E-state index contributed by atoms with van der Waals surface area (Å²) in [7, 11) is 0. The van der Waals surface area contributed by atoms with Gasteiger partial charge in [-0.2, -0.15) is 0 Å². The fourth-order valence-electron chi connectivity index (χ4n) is 4.34. The number of ketones is 1. The van der Waals surface area contributed by atoms with E-state index in [0.29, 0.717) is 29.4 Å². The van der Waals surface area contributed by atoms with Crippen molar-refractivity contribution < 1.29 is 29.3 Å². The third kappa shape index (κ3) is 5.99. The van der Waals surface area contributed by atoms with E-state index < -0.39 is 17.7 Å². The second-order valence-corrected chi connectivity index (χ2v) is 10.1. The Hall–Kier alpha value is -4.26. The molecule has 1 unspecified atom stereocenters. The van der Waals surface area contributed by atoms with Crippen LogP contribution >= 0.6 is 0 Å². The summed E-state index contributed by atoms with van der Waals surface area (Å²) in [6.45, 7) is 8.67. The van der Waals surface area contributed by atoms with Crippen LogP contribution in [-0.2, 0) is 16.1 Å². The Labute approximate surface area is 222 Å². The topological polar surface area (TPSA) is 96.3 Å². The molecule has 1 aliphatic rings. The predicted molar refractivity (Wildman–Crippen MR) is 145 cm³/mol. The maximum atomic E-state index is 13.3. The van der Waals surface area contributed by atoms with E-state index in [1.54, 1.807) is 36.4 Å². The third-order valence-corrected chi connectivity index (χ3v) is 6.09. The zero-order valence-electron chi connectivity index (χ0n) is 22.0. The fraction of sp³-hybridized carbons (Fsp3) is 0.290. The number of likely N-dealkylation sites (tertiary alicyclic amines) is 1. The van der Waals surface area contributed by atoms with Crippen molar-refractivity contribution in [2.24, 2.45) is 5.92 Å². The highest BCUT2D eigenvalue weighted by Gasteiger charge is 2.46. The molecular weight excluding hydrogens is 482 g/mol. The number of Topliss-reactive ketones (excluding diaryl/α,β-unsaturated/α-hetero) is 1. The standard InChI is InChI=1S/C31H33NO6/c1-19(2)18-37-25-14-8-21(9-15-25)17-32-28(22-10-12-24(33)13-11-22)27(30(35)31(32)36)29(34)23-6-5-7-26(16-23)38-20(3)4/h5-16,19-20,28,33-34H,17-18H2,1-4H3/b29-27-. The van der Waals surface area contributed by atoms with Crippen molar-refractivity contribution in [3.63, 3.8) is 0 Å². The molecule has 2 N–H and O–H groups in total. The highest BCUT2D eigenvalue weighted by atomic mass is 16.5. The van der Waals surface area contributed by atoms with Crippen LogP contribution in [0.4, 0.5) is 0 Å². The summed E-state index contributed by atoms with van der Waals surface area (Å²) in [4.78, 5) is 28.1. The van der Waals surface area contributed by atoms with Crippen molar-refractivity contribution in [3.05, 3.63) is 95.1 Å². The largest absolute Gasteiger partial charge is 0.508 e. The van der Waals surface area contributed by atoms with Gasteiger partial charge in [0.15, 0.2) is 0 Å². The molecule has 0 radical (unpaired) electrons. The molecule has 0 aromatic heterocycles. The molecule has 7 heteroatoms. The number of benzene rings is 3. The first kappa shape index (κ1) is 26.8. The number of hydrogen-bond acceptors (Lipinski definition) is 6. The number of aliphatic hydroxyl groups is 1. The number of aliphatic hydroxyl groups excluding tert-OH is 1. The number of hydrogen-bond donors (Lipinski definition) is 2. The molecule has 3 aromatic rings. The molecule has 3 aromatic carbocycles. The van der Waals surface area contributed by atoms with Gasteiger partial charge in [-0.3, -0.25) is 9.59 Å². The molecule has 0 saturated carbocycles. The molecular formula is C31H33NO6. The first-order chi connectivity index (χ1) is 18.1. The van der Waals surface area contributed by atoms with Crippen molar-refractivity contribution >= 4 is 17.4 Å². The van der Waals surface area contributed by atoms with Crippen LogP contribution in [0.15, 0.2) is 78.4 Å². The molecule has 1 amide bonds. The first-order valence-corrected chi connectivity index (χ1v) is 12.7. The Morgan fingerprint density at radius 1 is 0.921 bits per heavy atom. The molecule has 198 valence electrons. The number of aromatic hydroxyl groups is 1. The van der Waals surface area contributed by atoms with Gasteiger partial charge in [-0.15, -0.1) is 0 Å². The second kappa shape index (κ2) is 11.4. The number of ether oxygens (including phenoxy) is 2. The van der Waals surface area contributed by atoms with Crippen LogP contribution < -0.4 is 9.47 Å². The summed E-state index contributed by atoms with van der Waals surface area (Å²) in [6, 6.07) is 19.6. The lowest BCUT2D eigenvalue weighted by atomic mass is 9.95. The van der Waals surface area contributed by atoms with Gasteiger partial charge < -0.3 is 24.6 Å². The van der Waals surface area contributed by atoms with Crippen LogP contribution in [0.25, 0.3) is 5.76 Å². The summed E-state index contributed by atoms with van der Waals surface area (Å²) in [5, 5.41) is 21.2. The predicted octanol–water partition coefficient (Wildman–Crippen LogP) is 5.84. The Morgan fingerprint density at radius 3 is 2.24 bits per heavy atom. The number of phenols is 1. The van der Waals surface area contributed by atoms with E-state index in [1.165, 1.54) is 17.0 Å². The highest BCUT2D eigenvalue weighted by molar-refractivity contribution is 6.46. The summed E-state index contributed by atoms with van der Waals surface area (Å²) >= 11 is 0. The quantitative estimate of drug-likeness (QED) is 0.211. The number of phenolic OH excluding ortho intramolecular Hbond substituents is 1. The van der Waals surface area contributed by atoms with E-state index in [0.717, 1.165) is 11.3 Å². The summed E-state index contributed by atoms with van der Waals surface area (Å²) in [5.41, 5.74) is 1.76. The van der Waals surface area contributed by atoms with Gasteiger partial charge in [0.05, 0.1) is 24.3 Å². The first-order valence-electron chi connectivity index (χ1n) is 12.7. The van der Waals surface area contributed by atoms with Crippen molar-refractivity contribution in [2.45, 2.75) is 46.4 Å². The number of carbonyl (C=O) groups is 2. The van der Waals surface area contributed by atoms with E-state index >= 15 is 0 Å². The van der Waals surface area contributed by atoms with Gasteiger partial charge in [0.2, 0.25) is 0 Å². The van der Waals surface area contributed by atoms with Crippen molar-refractivity contribution in [1.29, 1.82) is 0 Å². The number of rotatable bonds is 9. The Kier molecular flexibility index (Phi) is 8.05. The van der Waals surface area contributed by atoms with Gasteiger partial charge in [0, 0.05) is 12.1 Å². The molecule has 7 nitrogen and oxygen atoms in total. The van der Waals surface area contributed by atoms with Crippen LogP contribution in [-0.4, -0.2) is 39.5 Å². The molecule has 38 heavy (non-hydrogen) atoms. The van der Waals surface area contributed by atoms with Gasteiger partial charge in [0.1, 0.15) is 23.0 Å². The van der Waals surface area contributed by atoms with E-state index in [-0.39, 0.29) is 29.7 Å². The van der Waals surface area contributed by atoms with Crippen LogP contribution in [0.1, 0.15) is 50.4 Å². The second-order valence-electron chi connectivity index (χ2n) is 10.1. The SMILES string of the molecule is CC(C)COc1ccc(CN2C(=O)C(=O)/C(=C(\O)c3cccc(OC(C)C)c3)C2c2ccc(O)cc2)cc1. The van der Waals surface area contributed by atoms with Crippen molar-refractivity contribution in [2.75, 3.05) is 6.61 Å². The lowest BCUT2D eigenvalue weighted by Gasteiger charge is -2.25. The van der Waals surface area contributed by atoms with Gasteiger partial charge in [-0.05, 0) is 67.3 Å². The molecule has 4 rings (SSSR count). The van der Waals surface area contributed by atoms with E-state index in [2.05, 4.69) is 13.8 Å². The van der Waals surface area contributed by atoms with Gasteiger partial charge in [0.25, 0.3) is 11.7 Å². The Balaban J connectivity index is 1.73. The average Bonchev–Trinajstić information content (AvgIpc) is 3.13. The van der Waals surface area contributed by atoms with Crippen LogP contribution in [0, 0.1) is 5.92 Å². The Bertz CT molecular complexity index is 1330. The molecule has 0 spiro atoms. The molecule has 0 aliphatic carbocycles. The van der Waals surface area contributed by atoms with Crippen molar-refractivity contribution in [1.82, 2.24) is 4.90 Å². The minimum Gasteiger partial charge on any atom is -0.508 e. The monoisotopic (exact) mass is 515 g/mol. The molecule has 1 fully saturated rings. The molecule has 1 atom stereocenters. The average molecular weight is 516 g/mol. The van der Waals surface area contributed by atoms with Gasteiger partial charge in [-0.1, -0.05) is 50.2 Å². The minimum absolute atomic E-state index is 0.0146. The summed E-state index contributed by atoms with van der Waals surface area (Å²) in [6.07, 6.45) is -0.0721. The smallest absolute Gasteiger partial charge is 0.295 e. The summed E-state index contributed by atoms with van der Waals surface area (Å²) < 4.78 is 11.5. The fourth-order valence-corrected chi connectivity index (χ4v) is 4.34. The van der Waals surface area contributed by atoms with E-state index in [1.807, 2.05) is 38.1 Å². The molecule has 1 aliphatic heterocycles. The zero-order valence-corrected chi connectivity index (χ0v) is 22.0. The zero-order chi connectivity index (χ0) is 27.4. The normalized spacial score (nSPS) is 16.9. The van der Waals surface area contributed by atoms with Gasteiger partial charge >= 0.3 is 0 Å². The molecule has 1 heterocycles. The molecule has 1 saturated heterocycles. The third-order valence-electron chi connectivity index (χ3n) is 6.09.